The number of benzene rings is 1. The van der Waals surface area contributed by atoms with Gasteiger partial charge in [-0.15, -0.1) is 0 Å². The van der Waals surface area contributed by atoms with Crippen molar-refractivity contribution < 1.29 is 53.1 Å². The van der Waals surface area contributed by atoms with Gasteiger partial charge in [-0.1, -0.05) is 92.7 Å². The average Bonchev–Trinajstić information content (AvgIpc) is 1.44. The second-order valence-electron chi connectivity index (χ2n) is 31.6. The number of aliphatic hydroxyl groups excluding tert-OH is 3. The third-order valence-electron chi connectivity index (χ3n) is 29.4. The Labute approximate surface area is 498 Å². The number of furan rings is 1. The number of cyclic esters (lactones) is 1. The smallest absolute Gasteiger partial charge is 0.339 e. The monoisotopic (exact) mass is 1150 g/mol. The van der Waals surface area contributed by atoms with E-state index in [0.717, 1.165) is 103 Å². The molecule has 19 rings (SSSR count). The summed E-state index contributed by atoms with van der Waals surface area (Å²) in [6.07, 6.45) is 25.7. The first-order valence-electron chi connectivity index (χ1n) is 33.7. The molecule has 25 unspecified atom stereocenters. The maximum absolute atomic E-state index is 17.7. The van der Waals surface area contributed by atoms with E-state index in [-0.39, 0.29) is 72.1 Å². The molecule has 8 saturated carbocycles. The zero-order valence-electron chi connectivity index (χ0n) is 49.3. The number of hydrogen-bond donors (Lipinski definition) is 4. The van der Waals surface area contributed by atoms with Gasteiger partial charge >= 0.3 is 11.9 Å². The molecule has 4 N–H and O–H groups in total. The first kappa shape index (κ1) is 52.4. The van der Waals surface area contributed by atoms with Gasteiger partial charge in [-0.3, -0.25) is 14.9 Å². The molecule has 10 aliphatic carbocycles. The lowest BCUT2D eigenvalue weighted by atomic mass is 9.28. The maximum Gasteiger partial charge on any atom is 0.339 e. The van der Waals surface area contributed by atoms with Crippen LogP contribution in [0.2, 0.25) is 0 Å². The van der Waals surface area contributed by atoms with Crippen LogP contribution >= 0.6 is 0 Å². The quantitative estimate of drug-likeness (QED) is 0.0812. The lowest BCUT2D eigenvalue weighted by molar-refractivity contribution is -0.319. The Morgan fingerprint density at radius 2 is 1.81 bits per heavy atom. The summed E-state index contributed by atoms with van der Waals surface area (Å²) in [5.74, 6) is 6.60. The number of carbonyl (C=O) groups excluding carboxylic acids is 3. The number of nitrogens with zero attached hydrogens (tertiary/aromatic N) is 1. The highest BCUT2D eigenvalue weighted by atomic mass is 16.7. The van der Waals surface area contributed by atoms with E-state index >= 15 is 14.4 Å². The van der Waals surface area contributed by atoms with Crippen LogP contribution in [0.5, 0.6) is 0 Å². The second kappa shape index (κ2) is 17.2. The van der Waals surface area contributed by atoms with Crippen LogP contribution in [0, 0.1) is 116 Å². The zero-order valence-corrected chi connectivity index (χ0v) is 49.3. The number of Topliss-reactive ketones (excluding diaryl/α,β-unsaturated/α-hetero) is 1. The summed E-state index contributed by atoms with van der Waals surface area (Å²) in [7, 11) is 0. The number of fused-ring (bicyclic) bond motifs is 7. The van der Waals surface area contributed by atoms with Crippen LogP contribution in [0.4, 0.5) is 0 Å². The van der Waals surface area contributed by atoms with E-state index in [1.54, 1.807) is 6.26 Å². The second-order valence-corrected chi connectivity index (χ2v) is 31.6. The van der Waals surface area contributed by atoms with Crippen LogP contribution in [-0.2, 0) is 51.8 Å². The molecule has 2 aromatic rings. The number of ketones is 1. The molecule has 6 spiro atoms. The highest BCUT2D eigenvalue weighted by Crippen LogP contribution is 2.93. The number of rotatable bonds is 9. The molecule has 25 atom stereocenters. The van der Waals surface area contributed by atoms with Gasteiger partial charge in [0.05, 0.1) is 49.0 Å². The molecule has 0 radical (unpaired) electrons. The maximum atomic E-state index is 17.7. The minimum Gasteiger partial charge on any atom is -0.469 e. The van der Waals surface area contributed by atoms with Gasteiger partial charge in [0.25, 0.3) is 0 Å². The summed E-state index contributed by atoms with van der Waals surface area (Å²) >= 11 is 0. The number of aliphatic hydroxyl groups is 3. The van der Waals surface area contributed by atoms with Crippen LogP contribution < -0.4 is 5.32 Å². The summed E-state index contributed by atoms with van der Waals surface area (Å²) in [5, 5.41) is 41.7. The van der Waals surface area contributed by atoms with Crippen molar-refractivity contribution in [2.75, 3.05) is 26.4 Å². The lowest BCUT2D eigenvalue weighted by Gasteiger charge is -2.74. The van der Waals surface area contributed by atoms with E-state index in [1.165, 1.54) is 11.1 Å². The summed E-state index contributed by atoms with van der Waals surface area (Å²) in [6.45, 7) is 3.74. The number of esters is 2. The van der Waals surface area contributed by atoms with E-state index in [0.29, 0.717) is 61.3 Å². The average molecular weight is 1150 g/mol. The van der Waals surface area contributed by atoms with Crippen LogP contribution in [0.25, 0.3) is 0 Å². The lowest BCUT2D eigenvalue weighted by Crippen LogP contribution is -2.84. The fourth-order valence-electron chi connectivity index (χ4n) is 27.1. The molecule has 1 aromatic heterocycles. The minimum absolute atomic E-state index is 0.0157. The fraction of sp³-hybridized carbons (Fsp3) is 0.708. The third kappa shape index (κ3) is 5.73. The minimum atomic E-state index is -1.56. The van der Waals surface area contributed by atoms with E-state index in [1.807, 2.05) is 6.07 Å². The fourth-order valence-corrected chi connectivity index (χ4v) is 27.1. The number of epoxide rings is 1. The molecular formula is C72H84N2O11. The Bertz CT molecular complexity index is 3390. The number of ether oxygens (including phenoxy) is 4. The highest BCUT2D eigenvalue weighted by molar-refractivity contribution is 5.96. The normalized spacial score (nSPS) is 52.4. The predicted octanol–water partition coefficient (Wildman–Crippen LogP) is 8.68. The van der Waals surface area contributed by atoms with Gasteiger partial charge in [0.1, 0.15) is 35.1 Å². The van der Waals surface area contributed by atoms with Crippen molar-refractivity contribution in [3.05, 3.63) is 95.6 Å². The van der Waals surface area contributed by atoms with Crippen molar-refractivity contribution in [1.82, 2.24) is 10.2 Å². The molecule has 8 heterocycles. The Morgan fingerprint density at radius 3 is 2.67 bits per heavy atom. The molecule has 7 aliphatic heterocycles. The zero-order chi connectivity index (χ0) is 57.0. The molecule has 0 amide bonds. The Kier molecular flexibility index (Phi) is 10.6. The molecule has 13 nitrogen and oxygen atoms in total. The number of allylic oxidation sites excluding steroid dienone is 2. The number of hydrogen-bond acceptors (Lipinski definition) is 13. The summed E-state index contributed by atoms with van der Waals surface area (Å²) < 4.78 is 37.8. The van der Waals surface area contributed by atoms with E-state index in [9.17, 15) is 15.3 Å². The van der Waals surface area contributed by atoms with E-state index in [4.69, 9.17) is 23.4 Å². The Balaban J connectivity index is 0.846. The van der Waals surface area contributed by atoms with Crippen LogP contribution in [-0.4, -0.2) is 106 Å². The van der Waals surface area contributed by atoms with Gasteiger partial charge < -0.3 is 43.6 Å². The number of nitrogens with one attached hydrogen (secondary N) is 1. The van der Waals surface area contributed by atoms with Gasteiger partial charge in [-0.25, -0.2) is 4.79 Å². The molecule has 13 fully saturated rings. The number of carbonyl (C=O) groups is 3. The third-order valence-corrected chi connectivity index (χ3v) is 29.4. The first-order chi connectivity index (χ1) is 41.3. The Hall–Kier alpha value is -4.55. The van der Waals surface area contributed by atoms with Gasteiger partial charge in [0.2, 0.25) is 0 Å². The molecule has 1 aromatic carbocycles. The van der Waals surface area contributed by atoms with Gasteiger partial charge in [-0.05, 0) is 190 Å². The van der Waals surface area contributed by atoms with Crippen LogP contribution in [0.1, 0.15) is 139 Å². The Morgan fingerprint density at radius 1 is 0.941 bits per heavy atom. The highest BCUT2D eigenvalue weighted by Gasteiger charge is 3.02. The van der Waals surface area contributed by atoms with Crippen LogP contribution in [0.15, 0.2) is 83.2 Å². The molecule has 13 heteroatoms. The standard InChI is InChI=1S/C72H84N2O11/c1-64-34-46-35-65-33-42-18-24-68(65)63(80)82-38-66-58(46)70(60(78)57(77)59(66)67(47-12-6-3-7-13-47)23-19-48(31-49(65)28-42)71(66,68)85-67)53-29-41(27-40-9-4-2-5-10-40)14-15-43(53)11-8-22-69(64,84-62(79)61-72(64,70)83-61)52-21-26-81-56(52)32-51(55(76)37-75)44-16-17-50-45(30-44)20-25-74-39-73-36-54(50)74/h2,4-5,9-10,18-21,24-26,41-47,49-51,53-55,58-61,73,75-76,78H,3,6-7,12-17,22-23,27-39H2,1H3. The van der Waals surface area contributed by atoms with Crippen molar-refractivity contribution in [1.29, 1.82) is 0 Å². The van der Waals surface area contributed by atoms with Gasteiger partial charge in [0, 0.05) is 41.3 Å². The van der Waals surface area contributed by atoms with E-state index in [2.05, 4.69) is 89.8 Å². The molecule has 17 aliphatic rings. The molecule has 85 heavy (non-hydrogen) atoms. The van der Waals surface area contributed by atoms with Crippen molar-refractivity contribution in [2.24, 2.45) is 104 Å². The SMILES string of the molecule is CC12CC3CC45CC6C=CC47C(=O)OCC48C(C(=O)C(O)C9(C%10CC(Cc%11ccccc%11)CCC%10C#CCC1(c1ccoc1CC(C(O)CO)C1CCC%10C(C=CN%11CNCC%10%11)C1)OC(=O)C1OC192)C34)C1(C2CCCCC2)CC=C(CC5C6)C87O1. The van der Waals surface area contributed by atoms with Gasteiger partial charge in [0.15, 0.2) is 17.5 Å². The molecular weight excluding hydrogens is 1070 g/mol. The molecule has 448 valence electrons. The summed E-state index contributed by atoms with van der Waals surface area (Å²) in [5.41, 5.74) is -7.47. The van der Waals surface area contributed by atoms with Crippen molar-refractivity contribution in [3.63, 3.8) is 0 Å². The van der Waals surface area contributed by atoms with Crippen LogP contribution in [0.3, 0.4) is 0 Å². The largest absolute Gasteiger partial charge is 0.469 e. The van der Waals surface area contributed by atoms with Crippen molar-refractivity contribution >= 4 is 17.7 Å². The van der Waals surface area contributed by atoms with Crippen molar-refractivity contribution in [2.45, 2.75) is 182 Å². The summed E-state index contributed by atoms with van der Waals surface area (Å²) in [6, 6.07) is 13.2. The molecule has 10 bridgehead atoms. The van der Waals surface area contributed by atoms with E-state index < -0.39 is 98.1 Å². The van der Waals surface area contributed by atoms with Crippen molar-refractivity contribution in [3.8, 4) is 11.8 Å². The topological polar surface area (TPSA) is 181 Å². The molecule has 5 saturated heterocycles. The first-order valence-corrected chi connectivity index (χ1v) is 33.7. The summed E-state index contributed by atoms with van der Waals surface area (Å²) in [4.78, 5) is 52.5. The van der Waals surface area contributed by atoms with Gasteiger partial charge in [-0.2, -0.15) is 0 Å². The predicted molar refractivity (Wildman–Crippen MR) is 308 cm³/mol.